The highest BCUT2D eigenvalue weighted by molar-refractivity contribution is 5.43. The Kier molecular flexibility index (Phi) is 66.1. The van der Waals surface area contributed by atoms with Crippen molar-refractivity contribution in [1.82, 2.24) is 4.90 Å². The van der Waals surface area contributed by atoms with Gasteiger partial charge in [0.05, 0.1) is 0 Å². The van der Waals surface area contributed by atoms with E-state index in [1.807, 2.05) is 55.5 Å². The van der Waals surface area contributed by atoms with Gasteiger partial charge in [-0.25, -0.2) is 0 Å². The molecule has 0 aromatic carbocycles. The number of allylic oxidation sites excluding steroid dienone is 6. The summed E-state index contributed by atoms with van der Waals surface area (Å²) in [6, 6.07) is 0. The van der Waals surface area contributed by atoms with Gasteiger partial charge in [-0.05, 0) is 31.7 Å². The largest absolute Gasteiger partial charge is 0.367 e. The molecular weight excluding hydrogens is 330 g/mol. The van der Waals surface area contributed by atoms with Crippen LogP contribution in [0.2, 0.25) is 0 Å². The summed E-state index contributed by atoms with van der Waals surface area (Å²) < 4.78 is 5.03. The monoisotopic (exact) mass is 383 g/mol. The summed E-state index contributed by atoms with van der Waals surface area (Å²) in [4.78, 5) is 2.12. The van der Waals surface area contributed by atoms with Crippen molar-refractivity contribution in [2.75, 3.05) is 20.7 Å². The van der Waals surface area contributed by atoms with E-state index in [1.54, 1.807) is 31.4 Å². The summed E-state index contributed by atoms with van der Waals surface area (Å²) in [5.41, 5.74) is 1.93. The van der Waals surface area contributed by atoms with Gasteiger partial charge in [-0.2, -0.15) is 0 Å². The van der Waals surface area contributed by atoms with E-state index in [0.717, 1.165) is 17.7 Å². The van der Waals surface area contributed by atoms with Crippen molar-refractivity contribution in [1.29, 1.82) is 0 Å². The van der Waals surface area contributed by atoms with E-state index in [4.69, 9.17) is 4.74 Å². The van der Waals surface area contributed by atoms with Gasteiger partial charge in [-0.3, -0.25) is 4.90 Å². The van der Waals surface area contributed by atoms with Gasteiger partial charge in [0, 0.05) is 7.11 Å². The molecule has 0 spiro atoms. The van der Waals surface area contributed by atoms with E-state index in [1.165, 1.54) is 6.42 Å². The van der Waals surface area contributed by atoms with Crippen LogP contribution in [0.15, 0.2) is 61.8 Å². The average molecular weight is 384 g/mol. The first kappa shape index (κ1) is 40.3. The molecule has 0 N–H and O–H groups in total. The minimum atomic E-state index is 0.250. The van der Waals surface area contributed by atoms with Gasteiger partial charge in [0.25, 0.3) is 0 Å². The van der Waals surface area contributed by atoms with Crippen molar-refractivity contribution in [3.05, 3.63) is 61.8 Å². The zero-order chi connectivity index (χ0) is 23.3. The Morgan fingerprint density at radius 1 is 0.778 bits per heavy atom. The number of hydrogen-bond donors (Lipinski definition) is 0. The Morgan fingerprint density at radius 3 is 1.07 bits per heavy atom. The summed E-state index contributed by atoms with van der Waals surface area (Å²) in [7, 11) is 3.75. The van der Waals surface area contributed by atoms with Gasteiger partial charge in [-0.1, -0.05) is 119 Å². The minimum Gasteiger partial charge on any atom is -0.367 e. The quantitative estimate of drug-likeness (QED) is 0.323. The highest BCUT2D eigenvalue weighted by Crippen LogP contribution is 2.08. The van der Waals surface area contributed by atoms with Crippen LogP contribution in [0, 0.1) is 0 Å². The van der Waals surface area contributed by atoms with Crippen LogP contribution in [0.25, 0.3) is 0 Å². The number of nitrogens with zero attached hydrogens (tertiary/aromatic N) is 1. The molecule has 0 aliphatic rings. The van der Waals surface area contributed by atoms with E-state index in [2.05, 4.69) is 52.0 Å². The summed E-state index contributed by atoms with van der Waals surface area (Å²) in [6.07, 6.45) is 8.41. The molecule has 1 atom stereocenters. The van der Waals surface area contributed by atoms with E-state index in [-0.39, 0.29) is 6.23 Å². The van der Waals surface area contributed by atoms with Crippen molar-refractivity contribution in [3.8, 4) is 0 Å². The van der Waals surface area contributed by atoms with Gasteiger partial charge in [0.2, 0.25) is 0 Å². The second-order valence-electron chi connectivity index (χ2n) is 4.34. The fourth-order valence-corrected chi connectivity index (χ4v) is 1.08. The summed E-state index contributed by atoms with van der Waals surface area (Å²) in [6.45, 7) is 35.9. The maximum absolute atomic E-state index is 5.03. The van der Waals surface area contributed by atoms with Gasteiger partial charge < -0.3 is 4.74 Å². The molecule has 2 heteroatoms. The third-order valence-corrected chi connectivity index (χ3v) is 2.67. The zero-order valence-electron chi connectivity index (χ0n) is 21.0. The minimum absolute atomic E-state index is 0.250. The lowest BCUT2D eigenvalue weighted by atomic mass is 10.1. The second-order valence-corrected chi connectivity index (χ2v) is 4.34. The Labute approximate surface area is 174 Å². The zero-order valence-corrected chi connectivity index (χ0v) is 21.0. The van der Waals surface area contributed by atoms with Crippen molar-refractivity contribution in [2.24, 2.45) is 0 Å². The summed E-state index contributed by atoms with van der Waals surface area (Å²) >= 11 is 0. The first-order valence-electron chi connectivity index (χ1n) is 10.4. The van der Waals surface area contributed by atoms with Gasteiger partial charge in [-0.15, -0.1) is 0 Å². The van der Waals surface area contributed by atoms with Crippen LogP contribution in [-0.2, 0) is 4.74 Å². The van der Waals surface area contributed by atoms with Gasteiger partial charge >= 0.3 is 0 Å². The Bertz CT molecular complexity index is 266. The first-order valence-corrected chi connectivity index (χ1v) is 10.4. The standard InChI is InChI=1S/C10H12.C6H15NO.C3H8.3C2H6/c1-5-9(6-2)10(7-3)8-4;1-5-7(3)6(2)8-4;1-3-2;3*1-2/h5-8H,1-4H2;6H,5H2,1-4H3;3H2,1-2H3;3*1-2H3. The molecular formula is C25H53NO. The topological polar surface area (TPSA) is 12.5 Å². The molecule has 0 bridgehead atoms. The normalized spacial score (nSPS) is 8.48. The predicted molar refractivity (Wildman–Crippen MR) is 133 cm³/mol. The number of methoxy groups -OCH3 is 1. The fraction of sp³-hybridized carbons (Fsp3) is 0.600. The molecule has 27 heavy (non-hydrogen) atoms. The number of ether oxygens (including phenoxy) is 1. The third-order valence-electron chi connectivity index (χ3n) is 2.67. The highest BCUT2D eigenvalue weighted by atomic mass is 16.5. The van der Waals surface area contributed by atoms with Crippen molar-refractivity contribution >= 4 is 0 Å². The molecule has 0 aliphatic heterocycles. The van der Waals surface area contributed by atoms with Gasteiger partial charge in [0.1, 0.15) is 6.23 Å². The third kappa shape index (κ3) is 36.3. The smallest absolute Gasteiger partial charge is 0.107 e. The molecule has 164 valence electrons. The number of rotatable bonds is 7. The van der Waals surface area contributed by atoms with Crippen molar-refractivity contribution < 1.29 is 4.74 Å². The van der Waals surface area contributed by atoms with E-state index >= 15 is 0 Å². The number of hydrogen-bond acceptors (Lipinski definition) is 2. The lowest BCUT2D eigenvalue weighted by Gasteiger charge is -2.20. The molecule has 2 nitrogen and oxygen atoms in total. The second kappa shape index (κ2) is 44.2. The Morgan fingerprint density at radius 2 is 1.00 bits per heavy atom. The summed E-state index contributed by atoms with van der Waals surface area (Å²) in [5.74, 6) is 0. The Balaban J connectivity index is -0.0000000578. The summed E-state index contributed by atoms with van der Waals surface area (Å²) in [5, 5.41) is 0. The Hall–Kier alpha value is -1.38. The lowest BCUT2D eigenvalue weighted by molar-refractivity contribution is -0.000295. The van der Waals surface area contributed by atoms with E-state index in [0.29, 0.717) is 0 Å². The van der Waals surface area contributed by atoms with Crippen molar-refractivity contribution in [2.45, 2.75) is 81.9 Å². The van der Waals surface area contributed by atoms with Crippen LogP contribution in [0.4, 0.5) is 0 Å². The van der Waals surface area contributed by atoms with E-state index < -0.39 is 0 Å². The molecule has 0 aromatic rings. The van der Waals surface area contributed by atoms with E-state index in [9.17, 15) is 0 Å². The lowest BCUT2D eigenvalue weighted by Crippen LogP contribution is -2.29. The molecule has 0 amide bonds. The van der Waals surface area contributed by atoms with Crippen LogP contribution in [0.5, 0.6) is 0 Å². The van der Waals surface area contributed by atoms with Gasteiger partial charge in [0.15, 0.2) is 0 Å². The molecule has 0 saturated carbocycles. The van der Waals surface area contributed by atoms with Crippen LogP contribution in [0.1, 0.15) is 75.7 Å². The highest BCUT2D eigenvalue weighted by Gasteiger charge is 2.01. The van der Waals surface area contributed by atoms with Crippen LogP contribution >= 0.6 is 0 Å². The predicted octanol–water partition coefficient (Wildman–Crippen LogP) is 8.45. The maximum Gasteiger partial charge on any atom is 0.107 e. The molecule has 0 heterocycles. The van der Waals surface area contributed by atoms with Crippen LogP contribution < -0.4 is 0 Å². The maximum atomic E-state index is 5.03. The SMILES string of the molecule is C=CC(C=C)=C(C=C)C=C.CC.CC.CC.CCC.CCN(C)C(C)OC. The molecule has 0 aromatic heterocycles. The molecule has 1 unspecified atom stereocenters. The molecule has 0 radical (unpaired) electrons. The van der Waals surface area contributed by atoms with Crippen LogP contribution in [-0.4, -0.2) is 31.8 Å². The first-order chi connectivity index (χ1) is 12.9. The van der Waals surface area contributed by atoms with Crippen LogP contribution in [0.3, 0.4) is 0 Å². The molecule has 0 saturated heterocycles. The van der Waals surface area contributed by atoms with Crippen molar-refractivity contribution in [3.63, 3.8) is 0 Å². The molecule has 0 rings (SSSR count). The molecule has 0 fully saturated rings. The molecule has 0 aliphatic carbocycles. The fourth-order valence-electron chi connectivity index (χ4n) is 1.08. The average Bonchev–Trinajstić information content (AvgIpc) is 2.76.